The second kappa shape index (κ2) is 12.2. The minimum absolute atomic E-state index is 0.160. The van der Waals surface area contributed by atoms with Crippen molar-refractivity contribution in [2.75, 3.05) is 20.3 Å². The zero-order valence-electron chi connectivity index (χ0n) is 20.2. The molecule has 1 heterocycles. The molecule has 0 unspecified atom stereocenters. The summed E-state index contributed by atoms with van der Waals surface area (Å²) >= 11 is 3.04. The van der Waals surface area contributed by atoms with Crippen LogP contribution in [0.3, 0.4) is 0 Å². The van der Waals surface area contributed by atoms with Gasteiger partial charge in [0.1, 0.15) is 19.0 Å². The van der Waals surface area contributed by atoms with Crippen LogP contribution in [0.5, 0.6) is 17.2 Å². The number of methoxy groups -OCH3 is 1. The van der Waals surface area contributed by atoms with Gasteiger partial charge in [-0.3, -0.25) is 14.5 Å². The lowest BCUT2D eigenvalue weighted by Crippen LogP contribution is -2.32. The average molecular weight is 626 g/mol. The summed E-state index contributed by atoms with van der Waals surface area (Å²) in [6.45, 7) is 2.55. The molecule has 37 heavy (non-hydrogen) atoms. The van der Waals surface area contributed by atoms with E-state index in [2.05, 4.69) is 28.7 Å². The van der Waals surface area contributed by atoms with Crippen LogP contribution in [0.4, 0.5) is 4.79 Å². The van der Waals surface area contributed by atoms with Crippen LogP contribution in [0.15, 0.2) is 65.6 Å². The van der Waals surface area contributed by atoms with Gasteiger partial charge in [0.2, 0.25) is 0 Å². The first-order valence-electron chi connectivity index (χ1n) is 11.3. The van der Waals surface area contributed by atoms with Crippen molar-refractivity contribution in [2.24, 2.45) is 0 Å². The van der Waals surface area contributed by atoms with E-state index < -0.39 is 0 Å². The van der Waals surface area contributed by atoms with Crippen molar-refractivity contribution >= 4 is 51.6 Å². The van der Waals surface area contributed by atoms with Gasteiger partial charge in [0, 0.05) is 5.56 Å². The third kappa shape index (κ3) is 6.45. The van der Waals surface area contributed by atoms with Gasteiger partial charge in [0.25, 0.3) is 11.1 Å². The van der Waals surface area contributed by atoms with Crippen molar-refractivity contribution in [2.45, 2.75) is 13.5 Å². The number of amides is 2. The molecule has 0 aromatic heterocycles. The number of nitrogens with zero attached hydrogens (tertiary/aromatic N) is 2. The molecular formula is C28H23IN2O5S. The van der Waals surface area contributed by atoms with E-state index >= 15 is 0 Å². The number of carbonyl (C=O) groups is 2. The second-order valence-electron chi connectivity index (χ2n) is 8.09. The lowest BCUT2D eigenvalue weighted by atomic mass is 10.1. The molecule has 1 saturated heterocycles. The standard InChI is InChI=1S/C28H23IN2O5S/c1-18-6-5-9-22(12-18)35-11-10-31-27(32)25(37-28(31)33)15-19-13-23(29)26(24(14-19)34-2)36-17-21-8-4-3-7-20(21)16-30/h3-9,12-15H,10-11,17H2,1-2H3/b25-15-. The molecule has 0 saturated carbocycles. The van der Waals surface area contributed by atoms with Gasteiger partial charge in [0.15, 0.2) is 11.5 Å². The largest absolute Gasteiger partial charge is 0.493 e. The predicted molar refractivity (Wildman–Crippen MR) is 151 cm³/mol. The van der Waals surface area contributed by atoms with E-state index in [0.717, 1.165) is 26.5 Å². The fourth-order valence-electron chi connectivity index (χ4n) is 3.67. The Balaban J connectivity index is 1.45. The molecule has 188 valence electrons. The number of thioether (sulfide) groups is 1. The summed E-state index contributed by atoms with van der Waals surface area (Å²) in [6.07, 6.45) is 1.67. The lowest BCUT2D eigenvalue weighted by molar-refractivity contribution is -0.123. The van der Waals surface area contributed by atoms with E-state index in [1.54, 1.807) is 24.3 Å². The van der Waals surface area contributed by atoms with Crippen LogP contribution < -0.4 is 14.2 Å². The fourth-order valence-corrected chi connectivity index (χ4v) is 5.32. The highest BCUT2D eigenvalue weighted by molar-refractivity contribution is 14.1. The van der Waals surface area contributed by atoms with E-state index in [1.807, 2.05) is 49.4 Å². The molecular weight excluding hydrogens is 603 g/mol. The minimum Gasteiger partial charge on any atom is -0.493 e. The molecule has 3 aromatic rings. The maximum absolute atomic E-state index is 12.9. The van der Waals surface area contributed by atoms with Gasteiger partial charge in [0.05, 0.1) is 33.8 Å². The number of ether oxygens (including phenoxy) is 3. The molecule has 1 aliphatic heterocycles. The number of carbonyl (C=O) groups excluding carboxylic acids is 2. The Hall–Kier alpha value is -3.49. The Morgan fingerprint density at radius 3 is 2.65 bits per heavy atom. The SMILES string of the molecule is COc1cc(/C=C2\SC(=O)N(CCOc3cccc(C)c3)C2=O)cc(I)c1OCc1ccccc1C#N. The molecule has 0 radical (unpaired) electrons. The van der Waals surface area contributed by atoms with E-state index in [-0.39, 0.29) is 30.9 Å². The summed E-state index contributed by atoms with van der Waals surface area (Å²) in [5.74, 6) is 1.36. The van der Waals surface area contributed by atoms with Crippen LogP contribution in [-0.4, -0.2) is 36.3 Å². The zero-order chi connectivity index (χ0) is 26.4. The number of nitriles is 1. The molecule has 3 aromatic carbocycles. The van der Waals surface area contributed by atoms with Crippen LogP contribution in [-0.2, 0) is 11.4 Å². The van der Waals surface area contributed by atoms with Crippen molar-refractivity contribution in [1.29, 1.82) is 5.26 Å². The fraction of sp³-hybridized carbons (Fsp3) is 0.179. The van der Waals surface area contributed by atoms with Crippen LogP contribution >= 0.6 is 34.4 Å². The Morgan fingerprint density at radius 2 is 1.89 bits per heavy atom. The van der Waals surface area contributed by atoms with Gasteiger partial charge in [-0.2, -0.15) is 5.26 Å². The molecule has 0 atom stereocenters. The van der Waals surface area contributed by atoms with E-state index in [1.165, 1.54) is 12.0 Å². The van der Waals surface area contributed by atoms with E-state index in [4.69, 9.17) is 14.2 Å². The summed E-state index contributed by atoms with van der Waals surface area (Å²) in [5.41, 5.74) is 3.09. The molecule has 9 heteroatoms. The number of halogens is 1. The van der Waals surface area contributed by atoms with Gasteiger partial charge in [-0.05, 0) is 88.8 Å². The van der Waals surface area contributed by atoms with Crippen molar-refractivity contribution in [3.05, 3.63) is 91.4 Å². The molecule has 2 amide bonds. The maximum atomic E-state index is 12.9. The number of aryl methyl sites for hydroxylation is 1. The summed E-state index contributed by atoms with van der Waals surface area (Å²) in [7, 11) is 1.54. The van der Waals surface area contributed by atoms with E-state index in [0.29, 0.717) is 33.3 Å². The van der Waals surface area contributed by atoms with Gasteiger partial charge >= 0.3 is 0 Å². The van der Waals surface area contributed by atoms with Crippen LogP contribution in [0.1, 0.15) is 22.3 Å². The van der Waals surface area contributed by atoms with Crippen molar-refractivity contribution in [3.63, 3.8) is 0 Å². The Bertz CT molecular complexity index is 1420. The number of hydrogen-bond acceptors (Lipinski definition) is 7. The van der Waals surface area contributed by atoms with Crippen LogP contribution in [0.2, 0.25) is 0 Å². The average Bonchev–Trinajstić information content (AvgIpc) is 3.15. The topological polar surface area (TPSA) is 88.9 Å². The second-order valence-corrected chi connectivity index (χ2v) is 10.2. The zero-order valence-corrected chi connectivity index (χ0v) is 23.2. The molecule has 1 aliphatic rings. The van der Waals surface area contributed by atoms with Crippen molar-refractivity contribution in [1.82, 2.24) is 4.90 Å². The third-order valence-corrected chi connectivity index (χ3v) is 7.21. The summed E-state index contributed by atoms with van der Waals surface area (Å²) < 4.78 is 18.0. The first kappa shape index (κ1) is 26.6. The van der Waals surface area contributed by atoms with Gasteiger partial charge < -0.3 is 14.2 Å². The highest BCUT2D eigenvalue weighted by Crippen LogP contribution is 2.37. The van der Waals surface area contributed by atoms with Crippen molar-refractivity contribution < 1.29 is 23.8 Å². The van der Waals surface area contributed by atoms with Crippen LogP contribution in [0.25, 0.3) is 6.08 Å². The first-order chi connectivity index (χ1) is 17.9. The molecule has 1 fully saturated rings. The highest BCUT2D eigenvalue weighted by Gasteiger charge is 2.35. The summed E-state index contributed by atoms with van der Waals surface area (Å²) in [4.78, 5) is 26.9. The number of benzene rings is 3. The molecule has 4 rings (SSSR count). The number of rotatable bonds is 9. The van der Waals surface area contributed by atoms with Gasteiger partial charge in [-0.15, -0.1) is 0 Å². The monoisotopic (exact) mass is 626 g/mol. The molecule has 0 bridgehead atoms. The number of hydrogen-bond donors (Lipinski definition) is 0. The maximum Gasteiger partial charge on any atom is 0.293 e. The van der Waals surface area contributed by atoms with Crippen LogP contribution in [0, 0.1) is 21.8 Å². The molecule has 7 nitrogen and oxygen atoms in total. The minimum atomic E-state index is -0.356. The Labute approximate surface area is 233 Å². The molecule has 0 aliphatic carbocycles. The smallest absolute Gasteiger partial charge is 0.293 e. The molecule has 0 N–H and O–H groups in total. The van der Waals surface area contributed by atoms with E-state index in [9.17, 15) is 14.9 Å². The van der Waals surface area contributed by atoms with Gasteiger partial charge in [-0.1, -0.05) is 30.3 Å². The lowest BCUT2D eigenvalue weighted by Gasteiger charge is -2.14. The van der Waals surface area contributed by atoms with Crippen molar-refractivity contribution in [3.8, 4) is 23.3 Å². The molecule has 0 spiro atoms. The summed E-state index contributed by atoms with van der Waals surface area (Å²) in [5, 5.41) is 8.98. The predicted octanol–water partition coefficient (Wildman–Crippen LogP) is 6.17. The quantitative estimate of drug-likeness (QED) is 0.207. The van der Waals surface area contributed by atoms with Gasteiger partial charge in [-0.25, -0.2) is 0 Å². The normalized spacial score (nSPS) is 14.1. The first-order valence-corrected chi connectivity index (χ1v) is 13.2. The third-order valence-electron chi connectivity index (χ3n) is 5.51. The highest BCUT2D eigenvalue weighted by atomic mass is 127. The number of imide groups is 1. The summed E-state index contributed by atoms with van der Waals surface area (Å²) in [6, 6.07) is 20.6. The Kier molecular flexibility index (Phi) is 8.74. The Morgan fingerprint density at radius 1 is 1.08 bits per heavy atom.